The molecule has 0 radical (unpaired) electrons. The number of hydrogen-bond donors (Lipinski definition) is 1. The molecule has 1 unspecified atom stereocenters. The van der Waals surface area contributed by atoms with Crippen LogP contribution in [0.2, 0.25) is 0 Å². The Morgan fingerprint density at radius 2 is 1.07 bits per heavy atom. The van der Waals surface area contributed by atoms with E-state index in [1.807, 2.05) is 47.4 Å². The molecule has 29 heavy (non-hydrogen) atoms. The Balaban J connectivity index is 1.48. The second-order valence-corrected chi connectivity index (χ2v) is 7.47. The molecule has 148 valence electrons. The van der Waals surface area contributed by atoms with Crippen LogP contribution in [0.15, 0.2) is 91.0 Å². The Morgan fingerprint density at radius 1 is 0.655 bits per heavy atom. The van der Waals surface area contributed by atoms with E-state index in [-0.39, 0.29) is 11.9 Å². The molecule has 3 aromatic rings. The third-order valence-corrected chi connectivity index (χ3v) is 5.65. The first-order valence-corrected chi connectivity index (χ1v) is 10.2. The van der Waals surface area contributed by atoms with Gasteiger partial charge in [-0.3, -0.25) is 9.69 Å². The predicted octanol–water partition coefficient (Wildman–Crippen LogP) is 3.62. The molecule has 0 saturated carbocycles. The van der Waals surface area contributed by atoms with Crippen molar-refractivity contribution in [3.63, 3.8) is 0 Å². The average Bonchev–Trinajstić information content (AvgIpc) is 2.81. The lowest BCUT2D eigenvalue weighted by molar-refractivity contribution is -0.134. The highest BCUT2D eigenvalue weighted by atomic mass is 16.2. The van der Waals surface area contributed by atoms with Crippen LogP contribution in [0.3, 0.4) is 0 Å². The Morgan fingerprint density at radius 3 is 1.52 bits per heavy atom. The molecule has 1 heterocycles. The van der Waals surface area contributed by atoms with Crippen molar-refractivity contribution < 1.29 is 4.79 Å². The van der Waals surface area contributed by atoms with Crippen LogP contribution in [0.5, 0.6) is 0 Å². The fourth-order valence-electron chi connectivity index (χ4n) is 4.08. The molecule has 0 spiro atoms. The summed E-state index contributed by atoms with van der Waals surface area (Å²) in [4.78, 5) is 17.3. The molecule has 0 aliphatic carbocycles. The second-order valence-electron chi connectivity index (χ2n) is 7.47. The summed E-state index contributed by atoms with van der Waals surface area (Å²) in [7, 11) is 0. The maximum atomic E-state index is 12.9. The van der Waals surface area contributed by atoms with Gasteiger partial charge in [-0.25, -0.2) is 0 Å². The van der Waals surface area contributed by atoms with Crippen LogP contribution in [0.1, 0.15) is 28.8 Å². The van der Waals surface area contributed by atoms with Crippen LogP contribution in [0.4, 0.5) is 0 Å². The molecule has 1 aliphatic rings. The van der Waals surface area contributed by atoms with Gasteiger partial charge in [0, 0.05) is 26.2 Å². The van der Waals surface area contributed by atoms with Crippen molar-refractivity contribution in [2.45, 2.75) is 12.1 Å². The molecule has 1 fully saturated rings. The van der Waals surface area contributed by atoms with Crippen molar-refractivity contribution in [3.8, 4) is 0 Å². The van der Waals surface area contributed by atoms with Crippen molar-refractivity contribution >= 4 is 5.91 Å². The summed E-state index contributed by atoms with van der Waals surface area (Å²) in [6.45, 7) is 3.02. The number of carbonyl (C=O) groups is 1. The summed E-state index contributed by atoms with van der Waals surface area (Å²) in [5, 5.41) is 0. The van der Waals surface area contributed by atoms with E-state index in [0.29, 0.717) is 13.1 Å². The maximum Gasteiger partial charge on any atom is 0.244 e. The van der Waals surface area contributed by atoms with E-state index < -0.39 is 6.04 Å². The van der Waals surface area contributed by atoms with Gasteiger partial charge in [0.15, 0.2) is 0 Å². The second kappa shape index (κ2) is 9.03. The summed E-state index contributed by atoms with van der Waals surface area (Å²) >= 11 is 0. The van der Waals surface area contributed by atoms with E-state index in [0.717, 1.165) is 18.7 Å². The van der Waals surface area contributed by atoms with Gasteiger partial charge in [0.05, 0.1) is 6.04 Å². The van der Waals surface area contributed by atoms with Gasteiger partial charge >= 0.3 is 0 Å². The smallest absolute Gasteiger partial charge is 0.244 e. The third kappa shape index (κ3) is 4.39. The van der Waals surface area contributed by atoms with Crippen LogP contribution >= 0.6 is 0 Å². The summed E-state index contributed by atoms with van der Waals surface area (Å²) in [6.07, 6.45) is 0. The van der Waals surface area contributed by atoms with E-state index >= 15 is 0 Å². The highest BCUT2D eigenvalue weighted by molar-refractivity contribution is 5.83. The van der Waals surface area contributed by atoms with E-state index in [1.54, 1.807) is 0 Å². The molecule has 1 amide bonds. The summed E-state index contributed by atoms with van der Waals surface area (Å²) < 4.78 is 0. The molecular weight excluding hydrogens is 358 g/mol. The van der Waals surface area contributed by atoms with Gasteiger partial charge in [-0.1, -0.05) is 91.0 Å². The van der Waals surface area contributed by atoms with Gasteiger partial charge in [0.1, 0.15) is 6.04 Å². The highest BCUT2D eigenvalue weighted by Crippen LogP contribution is 2.29. The van der Waals surface area contributed by atoms with Gasteiger partial charge in [-0.05, 0) is 16.7 Å². The van der Waals surface area contributed by atoms with Crippen molar-refractivity contribution in [1.82, 2.24) is 9.80 Å². The average molecular weight is 386 g/mol. The Kier molecular flexibility index (Phi) is 6.03. The fourth-order valence-corrected chi connectivity index (χ4v) is 4.08. The Bertz CT molecular complexity index is 867. The van der Waals surface area contributed by atoms with E-state index in [1.165, 1.54) is 11.1 Å². The van der Waals surface area contributed by atoms with Crippen molar-refractivity contribution in [2.75, 3.05) is 26.2 Å². The molecule has 4 rings (SSSR count). The Labute approximate surface area is 172 Å². The fraction of sp³-hybridized carbons (Fsp3) is 0.240. The number of nitrogens with zero attached hydrogens (tertiary/aromatic N) is 2. The number of rotatable bonds is 5. The summed E-state index contributed by atoms with van der Waals surface area (Å²) in [6, 6.07) is 30.4. The SMILES string of the molecule is NC(C(=O)N1CCN(C(c2ccccc2)c2ccccc2)CC1)c1ccccc1. The van der Waals surface area contributed by atoms with E-state index in [9.17, 15) is 4.79 Å². The lowest BCUT2D eigenvalue weighted by Crippen LogP contribution is -2.51. The maximum absolute atomic E-state index is 12.9. The summed E-state index contributed by atoms with van der Waals surface area (Å²) in [5.74, 6) is 0.00632. The molecule has 4 heteroatoms. The Hall–Kier alpha value is -2.95. The van der Waals surface area contributed by atoms with Crippen LogP contribution in [0.25, 0.3) is 0 Å². The largest absolute Gasteiger partial charge is 0.338 e. The van der Waals surface area contributed by atoms with Crippen LogP contribution < -0.4 is 5.73 Å². The van der Waals surface area contributed by atoms with Gasteiger partial charge < -0.3 is 10.6 Å². The first kappa shape index (κ1) is 19.4. The quantitative estimate of drug-likeness (QED) is 0.730. The van der Waals surface area contributed by atoms with Crippen LogP contribution in [0, 0.1) is 0 Å². The lowest BCUT2D eigenvalue weighted by atomic mass is 9.96. The van der Waals surface area contributed by atoms with Crippen LogP contribution in [-0.4, -0.2) is 41.9 Å². The summed E-state index contributed by atoms with van der Waals surface area (Å²) in [5.41, 5.74) is 9.66. The van der Waals surface area contributed by atoms with Crippen molar-refractivity contribution in [2.24, 2.45) is 5.73 Å². The number of benzene rings is 3. The molecule has 2 N–H and O–H groups in total. The molecule has 1 saturated heterocycles. The standard InChI is InChI=1S/C25H27N3O/c26-23(20-10-4-1-5-11-20)25(29)28-18-16-27(17-19-28)24(21-12-6-2-7-13-21)22-14-8-3-9-15-22/h1-15,23-24H,16-19,26H2. The van der Waals surface area contributed by atoms with E-state index in [2.05, 4.69) is 53.4 Å². The van der Waals surface area contributed by atoms with E-state index in [4.69, 9.17) is 5.73 Å². The molecule has 1 aliphatic heterocycles. The number of hydrogen-bond acceptors (Lipinski definition) is 3. The van der Waals surface area contributed by atoms with Gasteiger partial charge in [0.25, 0.3) is 0 Å². The first-order chi connectivity index (χ1) is 14.2. The lowest BCUT2D eigenvalue weighted by Gasteiger charge is -2.40. The number of carbonyl (C=O) groups excluding carboxylic acids is 1. The molecule has 3 aromatic carbocycles. The highest BCUT2D eigenvalue weighted by Gasteiger charge is 2.30. The minimum atomic E-state index is -0.596. The van der Waals surface area contributed by atoms with Gasteiger partial charge in [-0.2, -0.15) is 0 Å². The molecule has 0 aromatic heterocycles. The molecular formula is C25H27N3O. The molecule has 4 nitrogen and oxygen atoms in total. The molecule has 1 atom stereocenters. The minimum absolute atomic E-state index is 0.00632. The zero-order chi connectivity index (χ0) is 20.1. The first-order valence-electron chi connectivity index (χ1n) is 10.2. The monoisotopic (exact) mass is 385 g/mol. The minimum Gasteiger partial charge on any atom is -0.338 e. The third-order valence-electron chi connectivity index (χ3n) is 5.65. The van der Waals surface area contributed by atoms with Crippen LogP contribution in [-0.2, 0) is 4.79 Å². The topological polar surface area (TPSA) is 49.6 Å². The number of nitrogens with two attached hydrogens (primary N) is 1. The van der Waals surface area contributed by atoms with Crippen molar-refractivity contribution in [1.29, 1.82) is 0 Å². The van der Waals surface area contributed by atoms with Gasteiger partial charge in [-0.15, -0.1) is 0 Å². The zero-order valence-corrected chi connectivity index (χ0v) is 16.5. The normalized spacial score (nSPS) is 16.0. The zero-order valence-electron chi connectivity index (χ0n) is 16.5. The van der Waals surface area contributed by atoms with Crippen molar-refractivity contribution in [3.05, 3.63) is 108 Å². The molecule has 0 bridgehead atoms. The van der Waals surface area contributed by atoms with Gasteiger partial charge in [0.2, 0.25) is 5.91 Å². The number of amides is 1. The predicted molar refractivity (Wildman–Crippen MR) is 116 cm³/mol. The number of piperazine rings is 1.